The van der Waals surface area contributed by atoms with Gasteiger partial charge in [0.1, 0.15) is 11.8 Å². The molecule has 304 valence electrons. The largest absolute Gasteiger partial charge is 0.480 e. The van der Waals surface area contributed by atoms with Crippen LogP contribution in [0.2, 0.25) is 0 Å². The molecule has 55 heavy (non-hydrogen) atoms. The van der Waals surface area contributed by atoms with E-state index < -0.39 is 48.3 Å². The molecule has 8 atom stereocenters. The standard InChI is InChI=1S/C42H54F5NO6S/c1-40-22-21-33-32-17-16-30(54-39(52)48-35(38(50)51)24-27-12-8-7-9-13-27)26-29(32)25-28(37(33)34(40)18-19-36(40)49)14-10-5-3-2-4-6-11-15-31(55-53)20-23-41(43,44)42(45,46)47/h7-9,12-13,16-17,26,28,31,33-37,49H,2-6,10-11,14-15,18-25H2,1H3,(H-,48,50,51,52)/p+1/t28-,31?,33?,34+,35+,36+,37-,40+/m1/s1. The quantitative estimate of drug-likeness (QED) is 0.0741. The summed E-state index contributed by atoms with van der Waals surface area (Å²) in [5, 5.41) is 22.5. The Morgan fingerprint density at radius 3 is 2.31 bits per heavy atom. The zero-order valence-electron chi connectivity index (χ0n) is 31.5. The predicted octanol–water partition coefficient (Wildman–Crippen LogP) is 10.2. The summed E-state index contributed by atoms with van der Waals surface area (Å²) < 4.78 is 80.9. The third kappa shape index (κ3) is 10.8. The van der Waals surface area contributed by atoms with Gasteiger partial charge in [-0.15, -0.1) is 0 Å². The Kier molecular flexibility index (Phi) is 14.7. The van der Waals surface area contributed by atoms with Gasteiger partial charge < -0.3 is 20.3 Å². The van der Waals surface area contributed by atoms with Crippen molar-refractivity contribution in [2.45, 2.75) is 151 Å². The van der Waals surface area contributed by atoms with Gasteiger partial charge in [-0.05, 0) is 103 Å². The number of hydrogen-bond donors (Lipinski definition) is 3. The van der Waals surface area contributed by atoms with Gasteiger partial charge in [0.25, 0.3) is 0 Å². The molecule has 0 heterocycles. The lowest BCUT2D eigenvalue weighted by Crippen LogP contribution is -2.47. The first-order valence-electron chi connectivity index (χ1n) is 19.9. The van der Waals surface area contributed by atoms with Gasteiger partial charge in [-0.2, -0.15) is 22.0 Å². The number of carbonyl (C=O) groups excluding carboxylic acids is 1. The maximum atomic E-state index is 13.3. The van der Waals surface area contributed by atoms with Gasteiger partial charge in [-0.25, -0.2) is 9.59 Å². The summed E-state index contributed by atoms with van der Waals surface area (Å²) >= 11 is 0.116. The van der Waals surface area contributed by atoms with Crippen molar-refractivity contribution in [3.8, 4) is 5.75 Å². The molecule has 2 aromatic carbocycles. The molecule has 5 rings (SSSR count). The molecule has 7 nitrogen and oxygen atoms in total. The maximum absolute atomic E-state index is 13.3. The smallest absolute Gasteiger partial charge is 0.462 e. The minimum absolute atomic E-state index is 0.0959. The number of alkyl halides is 5. The van der Waals surface area contributed by atoms with Crippen molar-refractivity contribution in [3.63, 3.8) is 0 Å². The first-order valence-corrected chi connectivity index (χ1v) is 20.7. The van der Waals surface area contributed by atoms with Crippen LogP contribution in [0.3, 0.4) is 0 Å². The van der Waals surface area contributed by atoms with Crippen LogP contribution in [-0.4, -0.2) is 51.8 Å². The third-order valence-corrected chi connectivity index (χ3v) is 13.6. The number of halogens is 5. The van der Waals surface area contributed by atoms with Crippen LogP contribution in [0.4, 0.5) is 26.7 Å². The van der Waals surface area contributed by atoms with E-state index in [2.05, 4.69) is 18.3 Å². The zero-order chi connectivity index (χ0) is 39.8. The minimum Gasteiger partial charge on any atom is -0.480 e. The third-order valence-electron chi connectivity index (χ3n) is 12.8. The second kappa shape index (κ2) is 18.8. The van der Waals surface area contributed by atoms with Gasteiger partial charge in [-0.3, -0.25) is 0 Å². The number of benzene rings is 2. The topological polar surface area (TPSA) is 113 Å². The van der Waals surface area contributed by atoms with E-state index in [1.807, 2.05) is 24.3 Å². The van der Waals surface area contributed by atoms with E-state index in [0.29, 0.717) is 42.3 Å². The molecule has 2 fully saturated rings. The predicted molar refractivity (Wildman–Crippen MR) is 200 cm³/mol. The number of unbranched alkanes of at least 4 members (excludes halogenated alkanes) is 6. The molecule has 2 aromatic rings. The number of aliphatic hydroxyl groups is 1. The number of amides is 1. The molecule has 1 amide bonds. The Hall–Kier alpha value is -3.19. The Bertz CT molecular complexity index is 1590. The number of rotatable bonds is 19. The van der Waals surface area contributed by atoms with Crippen LogP contribution in [0.1, 0.15) is 126 Å². The average Bonchev–Trinajstić information content (AvgIpc) is 3.44. The number of ether oxygens (including phenoxy) is 1. The van der Waals surface area contributed by atoms with Gasteiger partial charge in [0.2, 0.25) is 5.25 Å². The number of aliphatic carboxylic acids is 1. The SMILES string of the molecule is C[C@]12CCC3c4ccc(OC(=O)N[C@@H](Cc5ccccc5)C(=O)O)cc4C[C@@H](CCCCCCCCCC(CCC(F)(F)C(F)(F)F)[S+]=O)[C@H]3[C@@H]1CC[C@@H]2O. The van der Waals surface area contributed by atoms with Crippen molar-refractivity contribution in [1.82, 2.24) is 5.32 Å². The highest BCUT2D eigenvalue weighted by molar-refractivity contribution is 7.66. The number of carboxylic acids is 1. The second-order valence-electron chi connectivity index (χ2n) is 16.4. The van der Waals surface area contributed by atoms with Crippen molar-refractivity contribution in [2.75, 3.05) is 0 Å². The van der Waals surface area contributed by atoms with Gasteiger partial charge in [0.15, 0.2) is 0 Å². The number of aliphatic hydroxyl groups excluding tert-OH is 1. The van der Waals surface area contributed by atoms with Crippen LogP contribution in [0.15, 0.2) is 48.5 Å². The summed E-state index contributed by atoms with van der Waals surface area (Å²) in [6.07, 6.45) is 3.94. The van der Waals surface area contributed by atoms with Crippen LogP contribution in [0, 0.1) is 23.2 Å². The fraction of sp³-hybridized carbons (Fsp3) is 0.667. The first-order chi connectivity index (χ1) is 26.1. The fourth-order valence-electron chi connectivity index (χ4n) is 9.80. The molecule has 0 aromatic heterocycles. The number of carbonyl (C=O) groups is 2. The lowest BCUT2D eigenvalue weighted by atomic mass is 9.52. The first kappa shape index (κ1) is 42.9. The molecule has 0 bridgehead atoms. The highest BCUT2D eigenvalue weighted by Crippen LogP contribution is 2.62. The van der Waals surface area contributed by atoms with Gasteiger partial charge in [-0.1, -0.05) is 81.8 Å². The number of fused-ring (bicyclic) bond motifs is 5. The minimum atomic E-state index is -5.60. The van der Waals surface area contributed by atoms with E-state index in [4.69, 9.17) is 4.74 Å². The summed E-state index contributed by atoms with van der Waals surface area (Å²) in [4.78, 5) is 24.8. The normalized spacial score (nSPS) is 25.9. The molecule has 3 N–H and O–H groups in total. The van der Waals surface area contributed by atoms with E-state index in [-0.39, 0.29) is 29.6 Å². The summed E-state index contributed by atoms with van der Waals surface area (Å²) in [5.74, 6) is -3.95. The van der Waals surface area contributed by atoms with Crippen LogP contribution < -0.4 is 10.1 Å². The highest BCUT2D eigenvalue weighted by Gasteiger charge is 2.58. The molecule has 0 spiro atoms. The van der Waals surface area contributed by atoms with E-state index in [0.717, 1.165) is 88.2 Å². The Morgan fingerprint density at radius 1 is 0.945 bits per heavy atom. The van der Waals surface area contributed by atoms with Crippen molar-refractivity contribution < 1.29 is 50.7 Å². The van der Waals surface area contributed by atoms with Gasteiger partial charge in [0.05, 0.1) is 6.10 Å². The van der Waals surface area contributed by atoms with Crippen molar-refractivity contribution in [2.24, 2.45) is 23.2 Å². The van der Waals surface area contributed by atoms with Crippen molar-refractivity contribution in [3.05, 3.63) is 65.2 Å². The van der Waals surface area contributed by atoms with Crippen LogP contribution >= 0.6 is 0 Å². The number of nitrogens with one attached hydrogen (secondary N) is 1. The molecule has 0 aliphatic heterocycles. The number of carboxylic acid groups (broad SMARTS) is 1. The molecule has 3 aliphatic carbocycles. The Labute approximate surface area is 324 Å². The second-order valence-corrected chi connectivity index (χ2v) is 17.2. The zero-order valence-corrected chi connectivity index (χ0v) is 32.3. The maximum Gasteiger partial charge on any atom is 0.462 e. The van der Waals surface area contributed by atoms with Crippen LogP contribution in [0.25, 0.3) is 0 Å². The van der Waals surface area contributed by atoms with E-state index in [9.17, 15) is 46.0 Å². The molecular formula is C42H55F5NO6S+. The molecule has 0 radical (unpaired) electrons. The lowest BCUT2D eigenvalue weighted by Gasteiger charge is -2.53. The molecule has 2 saturated carbocycles. The monoisotopic (exact) mass is 796 g/mol. The summed E-state index contributed by atoms with van der Waals surface area (Å²) in [7, 11) is 0. The lowest BCUT2D eigenvalue weighted by molar-refractivity contribution is -0.284. The van der Waals surface area contributed by atoms with E-state index in [1.165, 1.54) is 5.56 Å². The molecule has 2 unspecified atom stereocenters. The van der Waals surface area contributed by atoms with Gasteiger partial charge >= 0.3 is 35.8 Å². The summed E-state index contributed by atoms with van der Waals surface area (Å²) in [5.41, 5.74) is 3.11. The summed E-state index contributed by atoms with van der Waals surface area (Å²) in [6, 6.07) is 13.7. The summed E-state index contributed by atoms with van der Waals surface area (Å²) in [6.45, 7) is 2.26. The molecule has 3 aliphatic rings. The average molecular weight is 797 g/mol. The van der Waals surface area contributed by atoms with Crippen molar-refractivity contribution >= 4 is 23.7 Å². The fourth-order valence-corrected chi connectivity index (χ4v) is 10.3. The van der Waals surface area contributed by atoms with E-state index >= 15 is 0 Å². The molecular weight excluding hydrogens is 742 g/mol. The van der Waals surface area contributed by atoms with Gasteiger partial charge in [0, 0.05) is 29.9 Å². The molecule has 13 heteroatoms. The Morgan fingerprint density at radius 2 is 1.64 bits per heavy atom. The van der Waals surface area contributed by atoms with E-state index in [1.54, 1.807) is 18.2 Å². The van der Waals surface area contributed by atoms with Crippen LogP contribution in [0.5, 0.6) is 5.75 Å². The van der Waals surface area contributed by atoms with Crippen molar-refractivity contribution in [1.29, 1.82) is 0 Å². The Balaban J connectivity index is 1.13. The highest BCUT2D eigenvalue weighted by atomic mass is 32.1. The van der Waals surface area contributed by atoms with Crippen LogP contribution in [-0.2, 0) is 33.5 Å². The number of hydrogen-bond acceptors (Lipinski definition) is 5. The molecule has 0 saturated heterocycles.